The van der Waals surface area contributed by atoms with Crippen LogP contribution in [0.1, 0.15) is 43.7 Å². The second-order valence-electron chi connectivity index (χ2n) is 6.13. The molecule has 0 radical (unpaired) electrons. The first-order valence-corrected chi connectivity index (χ1v) is 8.33. The lowest BCUT2D eigenvalue weighted by Crippen LogP contribution is -2.35. The van der Waals surface area contributed by atoms with Gasteiger partial charge in [-0.1, -0.05) is 29.3 Å². The van der Waals surface area contributed by atoms with Gasteiger partial charge in [-0.15, -0.1) is 12.4 Å². The normalized spacial score (nSPS) is 27.8. The Morgan fingerprint density at radius 3 is 2.59 bits per heavy atom. The molecule has 1 aliphatic heterocycles. The molecule has 3 unspecified atom stereocenters. The number of benzene rings is 1. The summed E-state index contributed by atoms with van der Waals surface area (Å²) >= 11 is 12.1. The van der Waals surface area contributed by atoms with Gasteiger partial charge < -0.3 is 10.6 Å². The van der Waals surface area contributed by atoms with Crippen molar-refractivity contribution in [1.82, 2.24) is 4.90 Å². The number of hydrogen-bond acceptors (Lipinski definition) is 2. The maximum Gasteiger partial charge on any atom is 0.226 e. The standard InChI is InChI=1S/C16H20Cl2N2O.ClH/c17-13-6-4-10(9-14(13)18)15-2-1-7-20(15)16(21)11-3-5-12(19)8-11;/h4,6,9,11-12,15H,1-3,5,7-8,19H2;1H. The van der Waals surface area contributed by atoms with Crippen molar-refractivity contribution in [2.24, 2.45) is 11.7 Å². The summed E-state index contributed by atoms with van der Waals surface area (Å²) < 4.78 is 0. The predicted octanol–water partition coefficient (Wildman–Crippen LogP) is 4.21. The smallest absolute Gasteiger partial charge is 0.226 e. The zero-order valence-corrected chi connectivity index (χ0v) is 14.6. The Balaban J connectivity index is 0.00000176. The van der Waals surface area contributed by atoms with Crippen LogP contribution in [0, 0.1) is 5.92 Å². The first-order valence-electron chi connectivity index (χ1n) is 7.57. The first-order chi connectivity index (χ1) is 10.1. The van der Waals surface area contributed by atoms with Crippen LogP contribution in [-0.4, -0.2) is 23.4 Å². The number of carbonyl (C=O) groups excluding carboxylic acids is 1. The third kappa shape index (κ3) is 3.53. The molecule has 1 saturated carbocycles. The lowest BCUT2D eigenvalue weighted by atomic mass is 10.0. The highest BCUT2D eigenvalue weighted by molar-refractivity contribution is 6.42. The predicted molar refractivity (Wildman–Crippen MR) is 92.7 cm³/mol. The summed E-state index contributed by atoms with van der Waals surface area (Å²) in [4.78, 5) is 14.8. The molecule has 2 aliphatic rings. The molecule has 1 aromatic carbocycles. The van der Waals surface area contributed by atoms with E-state index in [0.29, 0.717) is 10.0 Å². The highest BCUT2D eigenvalue weighted by Gasteiger charge is 2.36. The van der Waals surface area contributed by atoms with E-state index in [0.717, 1.165) is 44.2 Å². The van der Waals surface area contributed by atoms with Crippen molar-refractivity contribution in [1.29, 1.82) is 0 Å². The van der Waals surface area contributed by atoms with Crippen LogP contribution in [0.4, 0.5) is 0 Å². The van der Waals surface area contributed by atoms with Gasteiger partial charge in [0.2, 0.25) is 5.91 Å². The van der Waals surface area contributed by atoms with Crippen LogP contribution in [-0.2, 0) is 4.79 Å². The molecule has 6 heteroatoms. The number of amides is 1. The van der Waals surface area contributed by atoms with Gasteiger partial charge in [0.05, 0.1) is 16.1 Å². The van der Waals surface area contributed by atoms with Gasteiger partial charge >= 0.3 is 0 Å². The fourth-order valence-corrected chi connectivity index (χ4v) is 3.88. The van der Waals surface area contributed by atoms with E-state index in [-0.39, 0.29) is 36.3 Å². The zero-order chi connectivity index (χ0) is 15.0. The fourth-order valence-electron chi connectivity index (χ4n) is 3.57. The average Bonchev–Trinajstić information content (AvgIpc) is 3.10. The quantitative estimate of drug-likeness (QED) is 0.855. The minimum Gasteiger partial charge on any atom is -0.335 e. The maximum absolute atomic E-state index is 12.7. The molecule has 1 amide bonds. The maximum atomic E-state index is 12.7. The Kier molecular flexibility index (Phi) is 6.00. The molecule has 1 saturated heterocycles. The molecule has 1 aromatic rings. The lowest BCUT2D eigenvalue weighted by Gasteiger charge is -2.28. The highest BCUT2D eigenvalue weighted by Crippen LogP contribution is 2.37. The van der Waals surface area contributed by atoms with Crippen LogP contribution >= 0.6 is 35.6 Å². The number of likely N-dealkylation sites (tertiary alicyclic amines) is 1. The number of hydrogen-bond donors (Lipinski definition) is 1. The Morgan fingerprint density at radius 2 is 1.95 bits per heavy atom. The number of halogens is 3. The Morgan fingerprint density at radius 1 is 1.18 bits per heavy atom. The molecule has 122 valence electrons. The number of nitrogens with zero attached hydrogens (tertiary/aromatic N) is 1. The van der Waals surface area contributed by atoms with Crippen molar-refractivity contribution in [3.05, 3.63) is 33.8 Å². The van der Waals surface area contributed by atoms with Gasteiger partial charge in [-0.2, -0.15) is 0 Å². The van der Waals surface area contributed by atoms with Gasteiger partial charge in [0.25, 0.3) is 0 Å². The molecule has 2 fully saturated rings. The lowest BCUT2D eigenvalue weighted by molar-refractivity contribution is -0.136. The van der Waals surface area contributed by atoms with Gasteiger partial charge in [0.1, 0.15) is 0 Å². The van der Waals surface area contributed by atoms with E-state index in [9.17, 15) is 4.79 Å². The molecular formula is C16H21Cl3N2O. The summed E-state index contributed by atoms with van der Waals surface area (Å²) in [5, 5.41) is 1.11. The van der Waals surface area contributed by atoms with Crippen molar-refractivity contribution >= 4 is 41.5 Å². The highest BCUT2D eigenvalue weighted by atomic mass is 35.5. The zero-order valence-electron chi connectivity index (χ0n) is 12.3. The molecule has 3 atom stereocenters. The van der Waals surface area contributed by atoms with Gasteiger partial charge in [0, 0.05) is 18.5 Å². The Labute approximate surface area is 147 Å². The second kappa shape index (κ2) is 7.39. The summed E-state index contributed by atoms with van der Waals surface area (Å²) in [7, 11) is 0. The van der Waals surface area contributed by atoms with Crippen molar-refractivity contribution < 1.29 is 4.79 Å². The van der Waals surface area contributed by atoms with Crippen LogP contribution in [0.3, 0.4) is 0 Å². The molecular weight excluding hydrogens is 343 g/mol. The summed E-state index contributed by atoms with van der Waals surface area (Å²) in [5.41, 5.74) is 7.02. The number of rotatable bonds is 2. The fraction of sp³-hybridized carbons (Fsp3) is 0.562. The molecule has 3 nitrogen and oxygen atoms in total. The van der Waals surface area contributed by atoms with Gasteiger partial charge in [-0.05, 0) is 49.8 Å². The van der Waals surface area contributed by atoms with Crippen LogP contribution < -0.4 is 5.73 Å². The minimum atomic E-state index is 0. The molecule has 0 spiro atoms. The van der Waals surface area contributed by atoms with Crippen molar-refractivity contribution in [3.8, 4) is 0 Å². The summed E-state index contributed by atoms with van der Waals surface area (Å²) in [6.45, 7) is 0.829. The third-order valence-electron chi connectivity index (χ3n) is 4.69. The van der Waals surface area contributed by atoms with Crippen molar-refractivity contribution in [2.45, 2.75) is 44.2 Å². The molecule has 0 bridgehead atoms. The summed E-state index contributed by atoms with van der Waals surface area (Å²) in [6.07, 6.45) is 4.73. The van der Waals surface area contributed by atoms with Crippen molar-refractivity contribution in [2.75, 3.05) is 6.54 Å². The van der Waals surface area contributed by atoms with E-state index in [1.807, 2.05) is 23.1 Å². The Bertz CT molecular complexity index is 552. The Hall–Kier alpha value is -0.480. The van der Waals surface area contributed by atoms with Crippen LogP contribution in [0.2, 0.25) is 10.0 Å². The van der Waals surface area contributed by atoms with Gasteiger partial charge in [0.15, 0.2) is 0 Å². The topological polar surface area (TPSA) is 46.3 Å². The SMILES string of the molecule is Cl.NC1CCC(C(=O)N2CCCC2c2ccc(Cl)c(Cl)c2)C1. The average molecular weight is 364 g/mol. The number of nitrogens with two attached hydrogens (primary N) is 1. The van der Waals surface area contributed by atoms with Crippen LogP contribution in [0.25, 0.3) is 0 Å². The second-order valence-corrected chi connectivity index (χ2v) is 6.95. The minimum absolute atomic E-state index is 0. The van der Waals surface area contributed by atoms with E-state index in [2.05, 4.69) is 0 Å². The van der Waals surface area contributed by atoms with E-state index < -0.39 is 0 Å². The number of carbonyl (C=O) groups is 1. The van der Waals surface area contributed by atoms with E-state index in [1.54, 1.807) is 0 Å². The van der Waals surface area contributed by atoms with Gasteiger partial charge in [-0.3, -0.25) is 4.79 Å². The molecule has 2 N–H and O–H groups in total. The molecule has 22 heavy (non-hydrogen) atoms. The third-order valence-corrected chi connectivity index (χ3v) is 5.43. The van der Waals surface area contributed by atoms with Crippen LogP contribution in [0.5, 0.6) is 0 Å². The van der Waals surface area contributed by atoms with Gasteiger partial charge in [-0.25, -0.2) is 0 Å². The molecule has 3 rings (SSSR count). The molecule has 1 aliphatic carbocycles. The molecule has 0 aromatic heterocycles. The van der Waals surface area contributed by atoms with E-state index in [1.165, 1.54) is 0 Å². The largest absolute Gasteiger partial charge is 0.335 e. The molecule has 1 heterocycles. The summed E-state index contributed by atoms with van der Waals surface area (Å²) in [6, 6.07) is 5.99. The van der Waals surface area contributed by atoms with E-state index in [4.69, 9.17) is 28.9 Å². The monoisotopic (exact) mass is 362 g/mol. The first kappa shape index (κ1) is 17.9. The van der Waals surface area contributed by atoms with E-state index >= 15 is 0 Å². The summed E-state index contributed by atoms with van der Waals surface area (Å²) in [5.74, 6) is 0.361. The van der Waals surface area contributed by atoms with Crippen molar-refractivity contribution in [3.63, 3.8) is 0 Å². The van der Waals surface area contributed by atoms with Crippen LogP contribution in [0.15, 0.2) is 18.2 Å².